The summed E-state index contributed by atoms with van der Waals surface area (Å²) in [5, 5.41) is 0. The molecule has 190 valence electrons. The van der Waals surface area contributed by atoms with E-state index in [0.29, 0.717) is 10.8 Å². The Hall–Kier alpha value is -2.84. The summed E-state index contributed by atoms with van der Waals surface area (Å²) in [6.07, 6.45) is 3.93. The van der Waals surface area contributed by atoms with Gasteiger partial charge in [0.15, 0.2) is 0 Å². The number of nitrogens with zero attached hydrogens (tertiary/aromatic N) is 1. The van der Waals surface area contributed by atoms with Crippen LogP contribution in [0.4, 0.5) is 17.1 Å². The van der Waals surface area contributed by atoms with E-state index in [1.807, 2.05) is 13.8 Å². The van der Waals surface area contributed by atoms with Gasteiger partial charge in [0.2, 0.25) is 0 Å². The Morgan fingerprint density at radius 3 is 1.86 bits per heavy atom. The van der Waals surface area contributed by atoms with E-state index in [4.69, 9.17) is 0 Å². The standard InChI is InChI=1S/C33H32BrN.C2H6/c1-22-5-11-26(12-6-22)35(27-14-9-25(34)10-15-27)28-13-7-23(2)29(20-28)24-8-16-30-31(19-24)33(4)18-17-32(30,3)21-33;1-2/h5-16,19-20H,17-18,21H2,1-4H3;1-2H3. The molecule has 0 radical (unpaired) electrons. The molecule has 2 heteroatoms. The molecule has 0 aromatic heterocycles. The molecule has 0 heterocycles. The van der Waals surface area contributed by atoms with Crippen LogP contribution in [0.1, 0.15) is 69.2 Å². The molecular weight excluding hydrogens is 514 g/mol. The molecule has 0 amide bonds. The van der Waals surface area contributed by atoms with Crippen LogP contribution in [0.15, 0.2) is 89.4 Å². The van der Waals surface area contributed by atoms with Crippen molar-refractivity contribution in [1.82, 2.24) is 0 Å². The minimum Gasteiger partial charge on any atom is -0.310 e. The molecule has 0 N–H and O–H groups in total. The molecule has 1 fully saturated rings. The number of aryl methyl sites for hydroxylation is 2. The third-order valence-electron chi connectivity index (χ3n) is 8.50. The van der Waals surface area contributed by atoms with Gasteiger partial charge in [-0.05, 0) is 120 Å². The molecule has 0 saturated heterocycles. The first-order valence-electron chi connectivity index (χ1n) is 13.6. The van der Waals surface area contributed by atoms with Gasteiger partial charge in [-0.2, -0.15) is 0 Å². The normalized spacial score (nSPS) is 21.3. The van der Waals surface area contributed by atoms with E-state index in [-0.39, 0.29) is 0 Å². The van der Waals surface area contributed by atoms with Crippen molar-refractivity contribution in [1.29, 1.82) is 0 Å². The summed E-state index contributed by atoms with van der Waals surface area (Å²) in [5.41, 5.74) is 12.6. The van der Waals surface area contributed by atoms with Crippen LogP contribution in [0.25, 0.3) is 11.1 Å². The summed E-state index contributed by atoms with van der Waals surface area (Å²) in [4.78, 5) is 2.35. The van der Waals surface area contributed by atoms with Gasteiger partial charge >= 0.3 is 0 Å². The van der Waals surface area contributed by atoms with Gasteiger partial charge in [0.25, 0.3) is 0 Å². The van der Waals surface area contributed by atoms with Crippen molar-refractivity contribution in [3.63, 3.8) is 0 Å². The predicted octanol–water partition coefficient (Wildman–Crippen LogP) is 10.9. The quantitative estimate of drug-likeness (QED) is 0.243. The number of hydrogen-bond donors (Lipinski definition) is 0. The highest BCUT2D eigenvalue weighted by atomic mass is 79.9. The lowest BCUT2D eigenvalue weighted by atomic mass is 9.77. The Kier molecular flexibility index (Phi) is 6.83. The molecule has 2 aliphatic carbocycles. The highest BCUT2D eigenvalue weighted by Gasteiger charge is 2.52. The topological polar surface area (TPSA) is 3.24 Å². The molecule has 1 nitrogen and oxygen atoms in total. The minimum absolute atomic E-state index is 0.330. The van der Waals surface area contributed by atoms with Gasteiger partial charge in [0.1, 0.15) is 0 Å². The lowest BCUT2D eigenvalue weighted by molar-refractivity contribution is 0.484. The maximum atomic E-state index is 3.60. The number of benzene rings is 4. The fraction of sp³-hybridized carbons (Fsp3) is 0.314. The fourth-order valence-electron chi connectivity index (χ4n) is 6.58. The van der Waals surface area contributed by atoms with Crippen molar-refractivity contribution in [2.45, 2.75) is 71.6 Å². The molecule has 37 heavy (non-hydrogen) atoms. The molecular formula is C35H38BrN. The molecule has 0 aliphatic heterocycles. The zero-order valence-corrected chi connectivity index (χ0v) is 24.6. The van der Waals surface area contributed by atoms with Gasteiger partial charge in [-0.1, -0.05) is 85.6 Å². The average Bonchev–Trinajstić information content (AvgIpc) is 3.35. The zero-order chi connectivity index (χ0) is 26.4. The SMILES string of the molecule is CC.Cc1ccc(N(c2ccc(Br)cc2)c2ccc(C)c(-c3ccc4c(c3)C3(C)CCC4(C)C3)c2)cc1. The molecule has 2 atom stereocenters. The molecule has 4 aromatic rings. The summed E-state index contributed by atoms with van der Waals surface area (Å²) in [6, 6.07) is 31.6. The molecule has 2 aliphatic rings. The van der Waals surface area contributed by atoms with Crippen molar-refractivity contribution in [3.8, 4) is 11.1 Å². The van der Waals surface area contributed by atoms with Crippen LogP contribution in [0.2, 0.25) is 0 Å². The van der Waals surface area contributed by atoms with Crippen LogP contribution in [0, 0.1) is 13.8 Å². The lowest BCUT2D eigenvalue weighted by Gasteiger charge is -2.28. The van der Waals surface area contributed by atoms with Crippen LogP contribution >= 0.6 is 15.9 Å². The largest absolute Gasteiger partial charge is 0.310 e. The van der Waals surface area contributed by atoms with Crippen LogP contribution in [0.3, 0.4) is 0 Å². The fourth-order valence-corrected chi connectivity index (χ4v) is 6.84. The second-order valence-electron chi connectivity index (χ2n) is 11.2. The van der Waals surface area contributed by atoms with E-state index >= 15 is 0 Å². The monoisotopic (exact) mass is 551 g/mol. The summed E-state index contributed by atoms with van der Waals surface area (Å²) < 4.78 is 1.09. The third kappa shape index (κ3) is 4.55. The van der Waals surface area contributed by atoms with Gasteiger partial charge in [0.05, 0.1) is 0 Å². The number of halogens is 1. The van der Waals surface area contributed by atoms with Crippen LogP contribution in [-0.2, 0) is 10.8 Å². The van der Waals surface area contributed by atoms with E-state index in [0.717, 1.165) is 10.2 Å². The van der Waals surface area contributed by atoms with Crippen molar-refractivity contribution >= 4 is 33.0 Å². The van der Waals surface area contributed by atoms with E-state index in [2.05, 4.69) is 133 Å². The van der Waals surface area contributed by atoms with Gasteiger partial charge in [0, 0.05) is 21.5 Å². The van der Waals surface area contributed by atoms with Gasteiger partial charge in [-0.15, -0.1) is 0 Å². The molecule has 1 saturated carbocycles. The predicted molar refractivity (Wildman–Crippen MR) is 164 cm³/mol. The number of hydrogen-bond acceptors (Lipinski definition) is 1. The Morgan fingerprint density at radius 1 is 0.649 bits per heavy atom. The average molecular weight is 553 g/mol. The Labute approximate surface area is 231 Å². The second-order valence-corrected chi connectivity index (χ2v) is 12.1. The molecule has 2 unspecified atom stereocenters. The van der Waals surface area contributed by atoms with Crippen LogP contribution < -0.4 is 4.90 Å². The Balaban J connectivity index is 0.00000137. The third-order valence-corrected chi connectivity index (χ3v) is 9.02. The summed E-state index contributed by atoms with van der Waals surface area (Å²) in [5.74, 6) is 0. The first-order chi connectivity index (χ1) is 17.8. The first kappa shape index (κ1) is 25.8. The van der Waals surface area contributed by atoms with E-state index in [1.165, 1.54) is 52.9 Å². The van der Waals surface area contributed by atoms with E-state index < -0.39 is 0 Å². The van der Waals surface area contributed by atoms with Gasteiger partial charge < -0.3 is 4.90 Å². The maximum absolute atomic E-state index is 3.60. The second kappa shape index (κ2) is 9.80. The van der Waals surface area contributed by atoms with Crippen molar-refractivity contribution in [2.24, 2.45) is 0 Å². The van der Waals surface area contributed by atoms with Gasteiger partial charge in [-0.25, -0.2) is 0 Å². The number of rotatable bonds is 4. The maximum Gasteiger partial charge on any atom is 0.0467 e. The summed E-state index contributed by atoms with van der Waals surface area (Å²) in [7, 11) is 0. The lowest BCUT2D eigenvalue weighted by Crippen LogP contribution is -2.17. The van der Waals surface area contributed by atoms with Crippen molar-refractivity contribution in [3.05, 3.63) is 112 Å². The number of anilines is 3. The van der Waals surface area contributed by atoms with Crippen molar-refractivity contribution < 1.29 is 0 Å². The number of fused-ring (bicyclic) bond motifs is 5. The van der Waals surface area contributed by atoms with E-state index in [1.54, 1.807) is 11.1 Å². The van der Waals surface area contributed by atoms with Crippen LogP contribution in [-0.4, -0.2) is 0 Å². The molecule has 2 bridgehead atoms. The summed E-state index contributed by atoms with van der Waals surface area (Å²) in [6.45, 7) is 13.3. The summed E-state index contributed by atoms with van der Waals surface area (Å²) >= 11 is 3.60. The molecule has 6 rings (SSSR count). The molecule has 0 spiro atoms. The highest BCUT2D eigenvalue weighted by molar-refractivity contribution is 9.10. The Bertz CT molecular complexity index is 1370. The van der Waals surface area contributed by atoms with Crippen LogP contribution in [0.5, 0.6) is 0 Å². The zero-order valence-electron chi connectivity index (χ0n) is 23.0. The Morgan fingerprint density at radius 2 is 1.22 bits per heavy atom. The molecule has 4 aromatic carbocycles. The highest BCUT2D eigenvalue weighted by Crippen LogP contribution is 2.60. The van der Waals surface area contributed by atoms with Crippen molar-refractivity contribution in [2.75, 3.05) is 4.90 Å². The van der Waals surface area contributed by atoms with Gasteiger partial charge in [-0.3, -0.25) is 0 Å². The first-order valence-corrected chi connectivity index (χ1v) is 14.4. The minimum atomic E-state index is 0.330. The smallest absolute Gasteiger partial charge is 0.0467 e. The van der Waals surface area contributed by atoms with E-state index in [9.17, 15) is 0 Å².